The van der Waals surface area contributed by atoms with Gasteiger partial charge in [-0.3, -0.25) is 4.79 Å². The van der Waals surface area contributed by atoms with E-state index in [4.69, 9.17) is 5.11 Å². The van der Waals surface area contributed by atoms with Gasteiger partial charge in [-0.25, -0.2) is 0 Å². The van der Waals surface area contributed by atoms with Gasteiger partial charge in [-0.15, -0.1) is 0 Å². The van der Waals surface area contributed by atoms with Crippen LogP contribution in [0, 0.1) is 52.3 Å². The van der Waals surface area contributed by atoms with E-state index in [1.54, 1.807) is 5.57 Å². The number of fused-ring (bicyclic) bond motifs is 5. The Morgan fingerprint density at radius 3 is 2.61 bits per heavy atom. The van der Waals surface area contributed by atoms with Gasteiger partial charge in [0.2, 0.25) is 0 Å². The van der Waals surface area contributed by atoms with E-state index in [0.29, 0.717) is 16.7 Å². The zero-order valence-corrected chi connectivity index (χ0v) is 22.1. The fraction of sp³-hybridized carbons (Fsp3) is 0.839. The van der Waals surface area contributed by atoms with Crippen molar-refractivity contribution in [2.75, 3.05) is 0 Å². The highest BCUT2D eigenvalue weighted by Gasteiger charge is 2.58. The lowest BCUT2D eigenvalue weighted by Gasteiger charge is -2.58. The van der Waals surface area contributed by atoms with Gasteiger partial charge in [-0.05, 0) is 104 Å². The molecule has 0 aromatic carbocycles. The van der Waals surface area contributed by atoms with E-state index in [1.165, 1.54) is 64.2 Å². The van der Waals surface area contributed by atoms with Crippen molar-refractivity contribution in [3.8, 4) is 0 Å². The first-order chi connectivity index (χ1) is 15.6. The van der Waals surface area contributed by atoms with E-state index < -0.39 is 5.97 Å². The predicted molar refractivity (Wildman–Crippen MR) is 138 cm³/mol. The molecule has 4 unspecified atom stereocenters. The summed E-state index contributed by atoms with van der Waals surface area (Å²) >= 11 is 0. The maximum atomic E-state index is 10.9. The van der Waals surface area contributed by atoms with Crippen molar-refractivity contribution in [3.05, 3.63) is 23.8 Å². The molecule has 8 atom stereocenters. The van der Waals surface area contributed by atoms with E-state index in [0.717, 1.165) is 41.9 Å². The van der Waals surface area contributed by atoms with Crippen molar-refractivity contribution in [2.45, 2.75) is 112 Å². The Hall–Kier alpha value is -1.05. The summed E-state index contributed by atoms with van der Waals surface area (Å²) in [6, 6.07) is 0. The van der Waals surface area contributed by atoms with Gasteiger partial charge in [0.1, 0.15) is 0 Å². The minimum Gasteiger partial charge on any atom is -0.481 e. The molecule has 0 spiro atoms. The summed E-state index contributed by atoms with van der Waals surface area (Å²) in [5.74, 6) is 5.16. The van der Waals surface area contributed by atoms with Crippen molar-refractivity contribution in [1.29, 1.82) is 0 Å². The lowest BCUT2D eigenvalue weighted by Crippen LogP contribution is -2.50. The van der Waals surface area contributed by atoms with E-state index >= 15 is 0 Å². The van der Waals surface area contributed by atoms with Crippen molar-refractivity contribution in [3.63, 3.8) is 0 Å². The Kier molecular flexibility index (Phi) is 7.52. The summed E-state index contributed by atoms with van der Waals surface area (Å²) in [5, 5.41) is 8.95. The topological polar surface area (TPSA) is 37.3 Å². The van der Waals surface area contributed by atoms with Gasteiger partial charge in [-0.2, -0.15) is 0 Å². The summed E-state index contributed by atoms with van der Waals surface area (Å²) in [7, 11) is 0. The molecule has 4 rings (SSSR count). The zero-order valence-electron chi connectivity index (χ0n) is 22.1. The molecule has 0 aromatic rings. The third-order valence-corrected chi connectivity index (χ3v) is 11.0. The van der Waals surface area contributed by atoms with Crippen LogP contribution in [0.15, 0.2) is 23.8 Å². The van der Waals surface area contributed by atoms with Crippen molar-refractivity contribution < 1.29 is 9.90 Å². The third-order valence-electron chi connectivity index (χ3n) is 11.0. The highest BCUT2D eigenvalue weighted by Crippen LogP contribution is 2.67. The van der Waals surface area contributed by atoms with Gasteiger partial charge in [0, 0.05) is 0 Å². The molecule has 2 nitrogen and oxygen atoms in total. The first-order valence-corrected chi connectivity index (χ1v) is 14.2. The predicted octanol–water partition coefficient (Wildman–Crippen LogP) is 8.67. The fourth-order valence-electron chi connectivity index (χ4n) is 9.24. The Morgan fingerprint density at radius 1 is 1.09 bits per heavy atom. The molecule has 0 saturated heterocycles. The van der Waals surface area contributed by atoms with Gasteiger partial charge < -0.3 is 5.11 Å². The highest BCUT2D eigenvalue weighted by molar-refractivity contribution is 5.68. The second-order valence-electron chi connectivity index (χ2n) is 13.3. The summed E-state index contributed by atoms with van der Waals surface area (Å²) in [6.45, 7) is 12.6. The molecule has 0 amide bonds. The van der Waals surface area contributed by atoms with Gasteiger partial charge in [0.05, 0.1) is 6.42 Å². The lowest BCUT2D eigenvalue weighted by molar-refractivity contribution is -0.136. The second-order valence-corrected chi connectivity index (χ2v) is 13.3. The number of aliphatic carboxylic acids is 1. The van der Waals surface area contributed by atoms with Crippen LogP contribution in [-0.4, -0.2) is 11.1 Å². The number of carbonyl (C=O) groups is 1. The number of hydrogen-bond donors (Lipinski definition) is 1. The molecule has 4 aliphatic carbocycles. The van der Waals surface area contributed by atoms with Crippen LogP contribution in [-0.2, 0) is 4.79 Å². The summed E-state index contributed by atoms with van der Waals surface area (Å²) in [4.78, 5) is 10.9. The maximum absolute atomic E-state index is 10.9. The van der Waals surface area contributed by atoms with Crippen LogP contribution in [0.4, 0.5) is 0 Å². The monoisotopic (exact) mass is 454 g/mol. The molecule has 33 heavy (non-hydrogen) atoms. The SMILES string of the molecule is CC(C)CCC[C@@H](C)[C@H]1CCC2C3CC=C4CC(C=CCC(=O)O)CC[C@]4(C)C3CC[C@@]21C. The molecule has 4 aliphatic rings. The molecule has 3 fully saturated rings. The Labute approximate surface area is 203 Å². The normalized spacial score (nSPS) is 41.4. The number of carboxylic acids is 1. The van der Waals surface area contributed by atoms with Gasteiger partial charge in [0.15, 0.2) is 0 Å². The summed E-state index contributed by atoms with van der Waals surface area (Å²) in [5.41, 5.74) is 2.67. The molecule has 0 radical (unpaired) electrons. The first-order valence-electron chi connectivity index (χ1n) is 14.2. The minimum absolute atomic E-state index is 0.162. The number of hydrogen-bond acceptors (Lipinski definition) is 1. The number of allylic oxidation sites excluding steroid dienone is 3. The van der Waals surface area contributed by atoms with Crippen molar-refractivity contribution >= 4 is 5.97 Å². The minimum atomic E-state index is -0.721. The molecule has 2 heteroatoms. The van der Waals surface area contributed by atoms with Crippen LogP contribution in [0.5, 0.6) is 0 Å². The molecule has 186 valence electrons. The molecule has 0 aliphatic heterocycles. The van der Waals surface area contributed by atoms with Gasteiger partial charge in [-0.1, -0.05) is 77.7 Å². The van der Waals surface area contributed by atoms with Crippen LogP contribution < -0.4 is 0 Å². The second kappa shape index (κ2) is 9.90. The Morgan fingerprint density at radius 2 is 1.88 bits per heavy atom. The van der Waals surface area contributed by atoms with Crippen molar-refractivity contribution in [1.82, 2.24) is 0 Å². The molecule has 0 heterocycles. The van der Waals surface area contributed by atoms with Crippen LogP contribution >= 0.6 is 0 Å². The Bertz CT molecular complexity index is 763. The van der Waals surface area contributed by atoms with Gasteiger partial charge >= 0.3 is 5.97 Å². The molecular formula is C31H50O2. The highest BCUT2D eigenvalue weighted by atomic mass is 16.4. The summed E-state index contributed by atoms with van der Waals surface area (Å²) in [6.07, 6.45) is 21.9. The van der Waals surface area contributed by atoms with Gasteiger partial charge in [0.25, 0.3) is 0 Å². The quantitative estimate of drug-likeness (QED) is 0.372. The molecule has 3 saturated carbocycles. The number of carboxylic acid groups (broad SMARTS) is 1. The first kappa shape index (κ1) is 25.1. The average Bonchev–Trinajstić information content (AvgIpc) is 3.10. The van der Waals surface area contributed by atoms with Crippen LogP contribution in [0.2, 0.25) is 0 Å². The fourth-order valence-corrected chi connectivity index (χ4v) is 9.24. The van der Waals surface area contributed by atoms with E-state index in [-0.39, 0.29) is 6.42 Å². The van der Waals surface area contributed by atoms with Crippen molar-refractivity contribution in [2.24, 2.45) is 52.3 Å². The van der Waals surface area contributed by atoms with E-state index in [2.05, 4.69) is 46.8 Å². The summed E-state index contributed by atoms with van der Waals surface area (Å²) < 4.78 is 0. The largest absolute Gasteiger partial charge is 0.481 e. The van der Waals surface area contributed by atoms with Crippen LogP contribution in [0.25, 0.3) is 0 Å². The van der Waals surface area contributed by atoms with Crippen LogP contribution in [0.1, 0.15) is 112 Å². The number of rotatable bonds is 8. The standard InChI is InChI=1S/C31H50O2/c1-21(2)8-6-9-22(3)26-14-15-27-25-13-12-24-20-23(10-7-11-29(32)33)16-18-30(24,4)28(25)17-19-31(26,27)5/h7,10,12,21-23,25-28H,6,8-9,11,13-20H2,1-5H3,(H,32,33)/t22-,23?,25?,26-,27?,28?,30+,31-/m1/s1. The van der Waals surface area contributed by atoms with E-state index in [1.807, 2.05) is 6.08 Å². The van der Waals surface area contributed by atoms with Crippen LogP contribution in [0.3, 0.4) is 0 Å². The zero-order chi connectivity index (χ0) is 23.8. The average molecular weight is 455 g/mol. The third kappa shape index (κ3) is 4.87. The molecule has 1 N–H and O–H groups in total. The molecule has 0 aromatic heterocycles. The molecular weight excluding hydrogens is 404 g/mol. The lowest BCUT2D eigenvalue weighted by atomic mass is 9.46. The smallest absolute Gasteiger partial charge is 0.307 e. The van der Waals surface area contributed by atoms with E-state index in [9.17, 15) is 4.79 Å². The Balaban J connectivity index is 1.44. The maximum Gasteiger partial charge on any atom is 0.307 e. The molecule has 0 bridgehead atoms.